The predicted octanol–water partition coefficient (Wildman–Crippen LogP) is 3.08. The zero-order valence-corrected chi connectivity index (χ0v) is 13.9. The smallest absolute Gasteiger partial charge is 0.314 e. The molecule has 0 saturated heterocycles. The van der Waals surface area contributed by atoms with Crippen molar-refractivity contribution >= 4 is 6.03 Å². The van der Waals surface area contributed by atoms with Gasteiger partial charge in [0.1, 0.15) is 0 Å². The number of aliphatic hydroxyl groups is 1. The maximum atomic E-state index is 11.8. The number of carbonyl (C=O) groups excluding carboxylic acids is 1. The molecule has 4 heteroatoms. The molecule has 2 amide bonds. The van der Waals surface area contributed by atoms with Gasteiger partial charge < -0.3 is 15.7 Å². The van der Waals surface area contributed by atoms with E-state index in [1.54, 1.807) is 0 Å². The number of carbonyl (C=O) groups is 1. The molecule has 2 aromatic rings. The van der Waals surface area contributed by atoms with Crippen LogP contribution in [0.5, 0.6) is 0 Å². The lowest BCUT2D eigenvalue weighted by Gasteiger charge is -2.16. The SMILES string of the molecule is O=C(NCCc1ccccc1)NCCC(CCO)c1ccccc1. The van der Waals surface area contributed by atoms with Gasteiger partial charge in [-0.25, -0.2) is 4.79 Å². The second-order valence-electron chi connectivity index (χ2n) is 5.83. The van der Waals surface area contributed by atoms with Crippen LogP contribution in [0.4, 0.5) is 4.79 Å². The molecule has 1 unspecified atom stereocenters. The minimum absolute atomic E-state index is 0.137. The number of amides is 2. The standard InChI is InChI=1S/C20H26N2O2/c23-16-13-19(18-9-5-2-6-10-18)12-15-22-20(24)21-14-11-17-7-3-1-4-8-17/h1-10,19,23H,11-16H2,(H2,21,22,24). The molecule has 4 nitrogen and oxygen atoms in total. The fourth-order valence-electron chi connectivity index (χ4n) is 2.75. The van der Waals surface area contributed by atoms with Crippen LogP contribution in [-0.2, 0) is 6.42 Å². The average Bonchev–Trinajstić information content (AvgIpc) is 2.63. The fraction of sp³-hybridized carbons (Fsp3) is 0.350. The van der Waals surface area contributed by atoms with E-state index in [4.69, 9.17) is 0 Å². The Morgan fingerprint density at radius 3 is 2.17 bits per heavy atom. The molecule has 0 aliphatic carbocycles. The van der Waals surface area contributed by atoms with Gasteiger partial charge in [0.15, 0.2) is 0 Å². The van der Waals surface area contributed by atoms with Crippen LogP contribution >= 0.6 is 0 Å². The molecule has 0 spiro atoms. The van der Waals surface area contributed by atoms with Gasteiger partial charge in [0, 0.05) is 19.7 Å². The molecule has 3 N–H and O–H groups in total. The largest absolute Gasteiger partial charge is 0.396 e. The van der Waals surface area contributed by atoms with Gasteiger partial charge in [-0.2, -0.15) is 0 Å². The molecule has 2 aromatic carbocycles. The van der Waals surface area contributed by atoms with E-state index in [2.05, 4.69) is 34.9 Å². The topological polar surface area (TPSA) is 61.4 Å². The van der Waals surface area contributed by atoms with Gasteiger partial charge in [-0.3, -0.25) is 0 Å². The normalized spacial score (nSPS) is 11.7. The summed E-state index contributed by atoms with van der Waals surface area (Å²) in [5.41, 5.74) is 2.42. The predicted molar refractivity (Wildman–Crippen MR) is 97.1 cm³/mol. The van der Waals surface area contributed by atoms with Crippen molar-refractivity contribution in [2.45, 2.75) is 25.2 Å². The van der Waals surface area contributed by atoms with Crippen molar-refractivity contribution in [1.82, 2.24) is 10.6 Å². The molecular weight excluding hydrogens is 300 g/mol. The number of hydrogen-bond donors (Lipinski definition) is 3. The third-order valence-electron chi connectivity index (χ3n) is 4.07. The number of nitrogens with one attached hydrogen (secondary N) is 2. The Hall–Kier alpha value is -2.33. The molecule has 0 aromatic heterocycles. The first-order valence-corrected chi connectivity index (χ1v) is 8.51. The van der Waals surface area contributed by atoms with Crippen molar-refractivity contribution in [3.8, 4) is 0 Å². The number of aliphatic hydroxyl groups excluding tert-OH is 1. The summed E-state index contributed by atoms with van der Waals surface area (Å²) in [4.78, 5) is 11.8. The Balaban J connectivity index is 1.67. The van der Waals surface area contributed by atoms with Crippen LogP contribution in [0.15, 0.2) is 60.7 Å². The van der Waals surface area contributed by atoms with Crippen LogP contribution in [0.3, 0.4) is 0 Å². The first kappa shape index (κ1) is 18.0. The number of hydrogen-bond acceptors (Lipinski definition) is 2. The summed E-state index contributed by atoms with van der Waals surface area (Å²) in [6.07, 6.45) is 2.35. The number of benzene rings is 2. The summed E-state index contributed by atoms with van der Waals surface area (Å²) in [6.45, 7) is 1.37. The molecule has 0 saturated carbocycles. The summed E-state index contributed by atoms with van der Waals surface area (Å²) in [7, 11) is 0. The van der Waals surface area contributed by atoms with Crippen LogP contribution in [-0.4, -0.2) is 30.8 Å². The molecule has 0 radical (unpaired) electrons. The van der Waals surface area contributed by atoms with Gasteiger partial charge in [0.25, 0.3) is 0 Å². The van der Waals surface area contributed by atoms with Gasteiger partial charge in [-0.1, -0.05) is 60.7 Å². The summed E-state index contributed by atoms with van der Waals surface area (Å²) in [5, 5.41) is 15.0. The number of rotatable bonds is 9. The second kappa shape index (κ2) is 10.4. The maximum absolute atomic E-state index is 11.8. The third kappa shape index (κ3) is 6.42. The summed E-state index contributed by atoms with van der Waals surface area (Å²) >= 11 is 0. The monoisotopic (exact) mass is 326 g/mol. The Morgan fingerprint density at radius 1 is 0.875 bits per heavy atom. The van der Waals surface area contributed by atoms with E-state index < -0.39 is 0 Å². The van der Waals surface area contributed by atoms with E-state index in [-0.39, 0.29) is 18.6 Å². The van der Waals surface area contributed by atoms with E-state index >= 15 is 0 Å². The minimum Gasteiger partial charge on any atom is -0.396 e. The Bertz CT molecular complexity index is 587. The van der Waals surface area contributed by atoms with E-state index in [1.165, 1.54) is 11.1 Å². The summed E-state index contributed by atoms with van der Waals surface area (Å²) in [5.74, 6) is 0.265. The third-order valence-corrected chi connectivity index (χ3v) is 4.07. The zero-order chi connectivity index (χ0) is 17.0. The highest BCUT2D eigenvalue weighted by Gasteiger charge is 2.11. The highest BCUT2D eigenvalue weighted by molar-refractivity contribution is 5.73. The molecular formula is C20H26N2O2. The van der Waals surface area contributed by atoms with Gasteiger partial charge >= 0.3 is 6.03 Å². The molecule has 0 aliphatic rings. The molecule has 0 bridgehead atoms. The van der Waals surface area contributed by atoms with Crippen LogP contribution < -0.4 is 10.6 Å². The Kier molecular flexibility index (Phi) is 7.84. The molecule has 128 valence electrons. The summed E-state index contributed by atoms with van der Waals surface area (Å²) < 4.78 is 0. The molecule has 2 rings (SSSR count). The molecule has 24 heavy (non-hydrogen) atoms. The van der Waals surface area contributed by atoms with Crippen molar-refractivity contribution in [2.24, 2.45) is 0 Å². The highest BCUT2D eigenvalue weighted by Crippen LogP contribution is 2.22. The van der Waals surface area contributed by atoms with Crippen LogP contribution in [0.1, 0.15) is 29.9 Å². The molecule has 0 heterocycles. The van der Waals surface area contributed by atoms with Gasteiger partial charge in [0.2, 0.25) is 0 Å². The van der Waals surface area contributed by atoms with Crippen LogP contribution in [0.25, 0.3) is 0 Å². The van der Waals surface area contributed by atoms with Gasteiger partial charge in [0.05, 0.1) is 0 Å². The van der Waals surface area contributed by atoms with E-state index in [9.17, 15) is 9.90 Å². The van der Waals surface area contributed by atoms with Crippen molar-refractivity contribution < 1.29 is 9.90 Å². The van der Waals surface area contributed by atoms with Crippen molar-refractivity contribution in [1.29, 1.82) is 0 Å². The first-order valence-electron chi connectivity index (χ1n) is 8.51. The van der Waals surface area contributed by atoms with E-state index in [1.807, 2.05) is 36.4 Å². The first-order chi connectivity index (χ1) is 11.8. The maximum Gasteiger partial charge on any atom is 0.314 e. The van der Waals surface area contributed by atoms with Crippen molar-refractivity contribution in [2.75, 3.05) is 19.7 Å². The summed E-state index contributed by atoms with van der Waals surface area (Å²) in [6, 6.07) is 20.1. The lowest BCUT2D eigenvalue weighted by molar-refractivity contribution is 0.240. The average molecular weight is 326 g/mol. The quantitative estimate of drug-likeness (QED) is 0.663. The Labute approximate surface area is 143 Å². The molecule has 0 fully saturated rings. The van der Waals surface area contributed by atoms with Gasteiger partial charge in [-0.05, 0) is 36.3 Å². The van der Waals surface area contributed by atoms with E-state index in [0.29, 0.717) is 19.5 Å². The minimum atomic E-state index is -0.137. The zero-order valence-electron chi connectivity index (χ0n) is 13.9. The lowest BCUT2D eigenvalue weighted by Crippen LogP contribution is -2.37. The molecule has 1 atom stereocenters. The van der Waals surface area contributed by atoms with E-state index in [0.717, 1.165) is 12.8 Å². The van der Waals surface area contributed by atoms with Crippen molar-refractivity contribution in [3.63, 3.8) is 0 Å². The van der Waals surface area contributed by atoms with Crippen LogP contribution in [0.2, 0.25) is 0 Å². The number of urea groups is 1. The van der Waals surface area contributed by atoms with Crippen LogP contribution in [0, 0.1) is 0 Å². The van der Waals surface area contributed by atoms with Gasteiger partial charge in [-0.15, -0.1) is 0 Å². The second-order valence-corrected chi connectivity index (χ2v) is 5.83. The van der Waals surface area contributed by atoms with Crippen molar-refractivity contribution in [3.05, 3.63) is 71.8 Å². The fourth-order valence-corrected chi connectivity index (χ4v) is 2.75. The molecule has 0 aliphatic heterocycles. The lowest BCUT2D eigenvalue weighted by atomic mass is 9.93. The highest BCUT2D eigenvalue weighted by atomic mass is 16.3. The Morgan fingerprint density at radius 2 is 1.50 bits per heavy atom.